The third kappa shape index (κ3) is 4.08. The number of benzene rings is 2. The molecular formula is C18H19FN2O5S2. The largest absolute Gasteiger partial charge is 0.273 e. The molecule has 0 bridgehead atoms. The molecule has 3 rings (SSSR count). The second-order valence-electron chi connectivity index (χ2n) is 6.52. The molecule has 2 aromatic rings. The van der Waals surface area contributed by atoms with E-state index in [0.717, 1.165) is 0 Å². The third-order valence-electron chi connectivity index (χ3n) is 4.39. The zero-order valence-electron chi connectivity index (χ0n) is 15.0. The van der Waals surface area contributed by atoms with Gasteiger partial charge in [-0.05, 0) is 42.3 Å². The zero-order valence-corrected chi connectivity index (χ0v) is 16.6. The number of sulfonamides is 2. The van der Waals surface area contributed by atoms with E-state index in [0.29, 0.717) is 9.87 Å². The van der Waals surface area contributed by atoms with Crippen LogP contribution in [0.1, 0.15) is 12.5 Å². The molecule has 1 saturated heterocycles. The van der Waals surface area contributed by atoms with Crippen LogP contribution in [-0.2, 0) is 31.3 Å². The van der Waals surface area contributed by atoms with Crippen LogP contribution < -0.4 is 9.03 Å². The first kappa shape index (κ1) is 20.4. The van der Waals surface area contributed by atoms with Gasteiger partial charge < -0.3 is 0 Å². The fourth-order valence-electron chi connectivity index (χ4n) is 2.95. The molecule has 0 aliphatic carbocycles. The number of halogens is 1. The van der Waals surface area contributed by atoms with Gasteiger partial charge in [0.1, 0.15) is 5.82 Å². The molecule has 150 valence electrons. The van der Waals surface area contributed by atoms with Crippen molar-refractivity contribution >= 4 is 31.6 Å². The first-order valence-electron chi connectivity index (χ1n) is 8.52. The Bertz CT molecular complexity index is 1100. The number of hydrogen-bond donors (Lipinski definition) is 1. The zero-order chi connectivity index (χ0) is 20.5. The number of nitrogens with zero attached hydrogens (tertiary/aromatic N) is 1. The fraction of sp³-hybridized carbons (Fsp3) is 0.278. The van der Waals surface area contributed by atoms with E-state index in [4.69, 9.17) is 0 Å². The van der Waals surface area contributed by atoms with Gasteiger partial charge in [-0.2, -0.15) is 0 Å². The first-order valence-corrected chi connectivity index (χ1v) is 11.6. The van der Waals surface area contributed by atoms with Gasteiger partial charge in [0, 0.05) is 6.54 Å². The summed E-state index contributed by atoms with van der Waals surface area (Å²) in [6.45, 7) is 1.53. The summed E-state index contributed by atoms with van der Waals surface area (Å²) in [6, 6.07) is 11.1. The Morgan fingerprint density at radius 2 is 1.79 bits per heavy atom. The highest BCUT2D eigenvalue weighted by Gasteiger charge is 2.41. The summed E-state index contributed by atoms with van der Waals surface area (Å²) < 4.78 is 65.7. The van der Waals surface area contributed by atoms with Crippen LogP contribution in [0.5, 0.6) is 0 Å². The Morgan fingerprint density at radius 1 is 1.14 bits per heavy atom. The van der Waals surface area contributed by atoms with Gasteiger partial charge in [0.05, 0.1) is 22.3 Å². The van der Waals surface area contributed by atoms with Crippen molar-refractivity contribution in [1.29, 1.82) is 0 Å². The molecule has 1 fully saturated rings. The highest BCUT2D eigenvalue weighted by Crippen LogP contribution is 2.28. The number of anilines is 1. The molecular weight excluding hydrogens is 407 g/mol. The SMILES string of the molecule is CC1CS(=O)(=O)N(c2ccc(S(=O)(=O)NCCc3ccccc3F)cc2)C1=O. The van der Waals surface area contributed by atoms with E-state index in [1.165, 1.54) is 37.3 Å². The molecule has 1 amide bonds. The molecule has 0 radical (unpaired) electrons. The Balaban J connectivity index is 1.72. The normalized spacial score (nSPS) is 19.1. The number of amides is 1. The molecule has 1 aliphatic heterocycles. The molecule has 0 spiro atoms. The number of carbonyl (C=O) groups is 1. The minimum atomic E-state index is -3.86. The molecule has 1 atom stereocenters. The second-order valence-corrected chi connectivity index (χ2v) is 10.1. The third-order valence-corrected chi connectivity index (χ3v) is 7.73. The molecule has 1 heterocycles. The maximum absolute atomic E-state index is 13.6. The van der Waals surface area contributed by atoms with E-state index in [9.17, 15) is 26.0 Å². The van der Waals surface area contributed by atoms with Crippen molar-refractivity contribution in [2.24, 2.45) is 5.92 Å². The van der Waals surface area contributed by atoms with E-state index >= 15 is 0 Å². The Kier molecular flexibility index (Phi) is 5.55. The lowest BCUT2D eigenvalue weighted by Gasteiger charge is -2.15. The van der Waals surface area contributed by atoms with Crippen LogP contribution in [0.15, 0.2) is 53.4 Å². The van der Waals surface area contributed by atoms with Crippen molar-refractivity contribution in [2.45, 2.75) is 18.2 Å². The van der Waals surface area contributed by atoms with Gasteiger partial charge in [0.2, 0.25) is 26.0 Å². The maximum Gasteiger partial charge on any atom is 0.244 e. The lowest BCUT2D eigenvalue weighted by atomic mass is 10.1. The summed E-state index contributed by atoms with van der Waals surface area (Å²) in [5, 5.41) is 0. The molecule has 2 aromatic carbocycles. The molecule has 10 heteroatoms. The van der Waals surface area contributed by atoms with Gasteiger partial charge >= 0.3 is 0 Å². The van der Waals surface area contributed by atoms with E-state index < -0.39 is 37.7 Å². The molecule has 1 N–H and O–H groups in total. The van der Waals surface area contributed by atoms with Gasteiger partial charge in [-0.1, -0.05) is 25.1 Å². The van der Waals surface area contributed by atoms with E-state index in [1.807, 2.05) is 0 Å². The maximum atomic E-state index is 13.6. The van der Waals surface area contributed by atoms with Crippen molar-refractivity contribution in [3.05, 3.63) is 59.9 Å². The monoisotopic (exact) mass is 426 g/mol. The summed E-state index contributed by atoms with van der Waals surface area (Å²) >= 11 is 0. The van der Waals surface area contributed by atoms with Crippen molar-refractivity contribution in [2.75, 3.05) is 16.6 Å². The average Bonchev–Trinajstić information content (AvgIpc) is 2.84. The molecule has 28 heavy (non-hydrogen) atoms. The molecule has 0 aromatic heterocycles. The second kappa shape index (κ2) is 7.61. The van der Waals surface area contributed by atoms with Crippen LogP contribution >= 0.6 is 0 Å². The van der Waals surface area contributed by atoms with Crippen molar-refractivity contribution in [1.82, 2.24) is 4.72 Å². The Morgan fingerprint density at radius 3 is 2.36 bits per heavy atom. The van der Waals surface area contributed by atoms with Gasteiger partial charge in [-0.25, -0.2) is 30.3 Å². The summed E-state index contributed by atoms with van der Waals surface area (Å²) in [6.07, 6.45) is 0.183. The van der Waals surface area contributed by atoms with Crippen LogP contribution in [0, 0.1) is 11.7 Å². The minimum absolute atomic E-state index is 0.00151. The first-order chi connectivity index (χ1) is 13.1. The number of carbonyl (C=O) groups excluding carboxylic acids is 1. The van der Waals surface area contributed by atoms with E-state index in [1.54, 1.807) is 18.2 Å². The van der Waals surface area contributed by atoms with Gasteiger partial charge in [-0.3, -0.25) is 4.79 Å². The average molecular weight is 426 g/mol. The quantitative estimate of drug-likeness (QED) is 0.757. The smallest absolute Gasteiger partial charge is 0.244 e. The molecule has 1 unspecified atom stereocenters. The Hall–Kier alpha value is -2.30. The van der Waals surface area contributed by atoms with Crippen molar-refractivity contribution in [3.63, 3.8) is 0 Å². The topological polar surface area (TPSA) is 101 Å². The van der Waals surface area contributed by atoms with Crippen LogP contribution in [0.4, 0.5) is 10.1 Å². The van der Waals surface area contributed by atoms with Crippen LogP contribution in [0.3, 0.4) is 0 Å². The standard InChI is InChI=1S/C18H19FN2O5S2/c1-13-12-27(23,24)21(18(13)22)15-6-8-16(9-7-15)28(25,26)20-11-10-14-4-2-3-5-17(14)19/h2-9,13,20H,10-12H2,1H3. The lowest BCUT2D eigenvalue weighted by molar-refractivity contribution is -0.119. The van der Waals surface area contributed by atoms with Crippen molar-refractivity contribution < 1.29 is 26.0 Å². The predicted molar refractivity (Wildman–Crippen MR) is 102 cm³/mol. The Labute approximate surface area is 163 Å². The summed E-state index contributed by atoms with van der Waals surface area (Å²) in [4.78, 5) is 12.0. The van der Waals surface area contributed by atoms with Gasteiger partial charge in [0.25, 0.3) is 0 Å². The summed E-state index contributed by atoms with van der Waals surface area (Å²) in [5.74, 6) is -1.87. The number of rotatable bonds is 6. The highest BCUT2D eigenvalue weighted by atomic mass is 32.2. The molecule has 0 saturated carbocycles. The van der Waals surface area contributed by atoms with Crippen molar-refractivity contribution in [3.8, 4) is 0 Å². The minimum Gasteiger partial charge on any atom is -0.273 e. The lowest BCUT2D eigenvalue weighted by Crippen LogP contribution is -2.30. The summed E-state index contributed by atoms with van der Waals surface area (Å²) in [5.41, 5.74) is 0.493. The highest BCUT2D eigenvalue weighted by molar-refractivity contribution is 7.94. The van der Waals surface area contributed by atoms with Gasteiger partial charge in [-0.15, -0.1) is 0 Å². The number of hydrogen-bond acceptors (Lipinski definition) is 5. The van der Waals surface area contributed by atoms with E-state index in [2.05, 4.69) is 4.72 Å². The molecule has 1 aliphatic rings. The molecule has 7 nitrogen and oxygen atoms in total. The van der Waals surface area contributed by atoms with Crippen LogP contribution in [0.25, 0.3) is 0 Å². The van der Waals surface area contributed by atoms with Crippen LogP contribution in [-0.4, -0.2) is 35.0 Å². The summed E-state index contributed by atoms with van der Waals surface area (Å²) in [7, 11) is -7.61. The predicted octanol–water partition coefficient (Wildman–Crippen LogP) is 1.66. The van der Waals surface area contributed by atoms with E-state index in [-0.39, 0.29) is 29.3 Å². The van der Waals surface area contributed by atoms with Gasteiger partial charge in [0.15, 0.2) is 0 Å². The number of nitrogens with one attached hydrogen (secondary N) is 1. The fourth-order valence-corrected chi connectivity index (χ4v) is 5.80. The van der Waals surface area contributed by atoms with Crippen LogP contribution in [0.2, 0.25) is 0 Å².